The van der Waals surface area contributed by atoms with Crippen molar-refractivity contribution in [2.45, 2.75) is 142 Å². The van der Waals surface area contributed by atoms with Crippen LogP contribution in [-0.2, 0) is 0 Å². The highest BCUT2D eigenvalue weighted by molar-refractivity contribution is 6.18. The summed E-state index contributed by atoms with van der Waals surface area (Å²) in [5.41, 5.74) is 0. The molecule has 1 atom stereocenters. The number of rotatable bonds is 21. The molecule has 1 N–H and O–H groups in total. The first-order chi connectivity index (χ1) is 14.1. The highest BCUT2D eigenvalue weighted by Crippen LogP contribution is 2.20. The molecule has 3 heteroatoms. The zero-order valence-electron chi connectivity index (χ0n) is 21.7. The van der Waals surface area contributed by atoms with Gasteiger partial charge in [0.2, 0.25) is 0 Å². The minimum atomic E-state index is 0. The molecule has 0 aromatic carbocycles. The molecule has 1 nitrogen and oxygen atoms in total. The van der Waals surface area contributed by atoms with E-state index in [0.29, 0.717) is 0 Å². The number of nitrogens with one attached hydrogen (secondary N) is 1. The second-order valence-corrected chi connectivity index (χ2v) is 10.1. The lowest BCUT2D eigenvalue weighted by molar-refractivity contribution is -0.836. The Morgan fingerprint density at radius 1 is 0.500 bits per heavy atom. The molecule has 0 amide bonds. The average Bonchev–Trinajstić information content (AvgIpc) is 2.69. The molecular formula is C27H59Cl2N. The molecule has 0 bridgehead atoms. The van der Waals surface area contributed by atoms with Crippen molar-refractivity contribution in [1.82, 2.24) is 0 Å². The van der Waals surface area contributed by atoms with Crippen LogP contribution < -0.4 is 17.3 Å². The van der Waals surface area contributed by atoms with E-state index in [1.165, 1.54) is 133 Å². The topological polar surface area (TPSA) is 4.44 Å². The Hall–Kier alpha value is 0.540. The summed E-state index contributed by atoms with van der Waals surface area (Å²) >= 11 is 6.19. The normalized spacial score (nSPS) is 11.7. The third kappa shape index (κ3) is 35.9. The number of alkyl halides is 1. The van der Waals surface area contributed by atoms with Gasteiger partial charge in [-0.25, -0.2) is 0 Å². The zero-order valence-corrected chi connectivity index (χ0v) is 23.2. The van der Waals surface area contributed by atoms with Crippen molar-refractivity contribution in [2.75, 3.05) is 27.0 Å². The van der Waals surface area contributed by atoms with Crippen molar-refractivity contribution < 1.29 is 17.3 Å². The summed E-state index contributed by atoms with van der Waals surface area (Å²) in [7, 11) is 6.25. The first-order valence-corrected chi connectivity index (χ1v) is 13.9. The number of hydrogen-bond donors (Lipinski definition) is 1. The maximum atomic E-state index is 6.19. The Kier molecular flexibility index (Phi) is 37.2. The van der Waals surface area contributed by atoms with Crippen LogP contribution in [0.4, 0.5) is 0 Å². The highest BCUT2D eigenvalue weighted by atomic mass is 35.5. The molecule has 0 aliphatic heterocycles. The highest BCUT2D eigenvalue weighted by Gasteiger charge is 2.07. The number of unbranched alkanes of at least 4 members (excludes halogenated alkanes) is 16. The van der Waals surface area contributed by atoms with Gasteiger partial charge in [0, 0.05) is 5.88 Å². The fraction of sp³-hybridized carbons (Fsp3) is 1.00. The van der Waals surface area contributed by atoms with Crippen LogP contribution in [0.15, 0.2) is 0 Å². The van der Waals surface area contributed by atoms with Gasteiger partial charge in [0.1, 0.15) is 0 Å². The minimum absolute atomic E-state index is 0. The molecule has 0 spiro atoms. The quantitative estimate of drug-likeness (QED) is 0.169. The summed E-state index contributed by atoms with van der Waals surface area (Å²) in [4.78, 5) is 1.42. The molecule has 30 heavy (non-hydrogen) atoms. The molecule has 186 valence electrons. The van der Waals surface area contributed by atoms with Crippen LogP contribution in [0.1, 0.15) is 142 Å². The average molecular weight is 469 g/mol. The Labute approximate surface area is 203 Å². The molecule has 0 radical (unpaired) electrons. The van der Waals surface area contributed by atoms with Gasteiger partial charge in [-0.2, -0.15) is 0 Å². The maximum Gasteiger partial charge on any atom is 0.0661 e. The third-order valence-electron chi connectivity index (χ3n) is 5.65. The SMILES string of the molecule is CCCCCCCCCCCCC(CCl)CCCCCCCCCC.C[NH+](C)C.[Cl-]. The number of halogens is 2. The first kappa shape index (κ1) is 35.1. The molecule has 0 aliphatic carbocycles. The fourth-order valence-corrected chi connectivity index (χ4v) is 4.09. The van der Waals surface area contributed by atoms with Crippen molar-refractivity contribution in [3.63, 3.8) is 0 Å². The van der Waals surface area contributed by atoms with Crippen LogP contribution in [0.5, 0.6) is 0 Å². The Balaban J connectivity index is -0.00000133. The van der Waals surface area contributed by atoms with Gasteiger partial charge < -0.3 is 17.3 Å². The number of hydrogen-bond acceptors (Lipinski definition) is 0. The molecule has 0 rings (SSSR count). The summed E-state index contributed by atoms with van der Waals surface area (Å²) in [6.07, 6.45) is 28.5. The van der Waals surface area contributed by atoms with Crippen LogP contribution in [-0.4, -0.2) is 27.0 Å². The number of quaternary nitrogens is 1. The summed E-state index contributed by atoms with van der Waals surface area (Å²) in [5.74, 6) is 1.67. The Morgan fingerprint density at radius 3 is 0.967 bits per heavy atom. The van der Waals surface area contributed by atoms with Crippen LogP contribution in [0.25, 0.3) is 0 Å². The Bertz CT molecular complexity index is 269. The summed E-state index contributed by atoms with van der Waals surface area (Å²) in [6, 6.07) is 0. The standard InChI is InChI=1S/C24H49Cl.C3H9N.ClH/c1-3-5-7-9-11-13-14-16-18-20-22-24(23-25)21-19-17-15-12-10-8-6-4-2;1-4(2)3;/h24H,3-23H2,1-2H3;1-3H3;1H. The lowest BCUT2D eigenvalue weighted by Gasteiger charge is -2.13. The van der Waals surface area contributed by atoms with Gasteiger partial charge in [-0.3, -0.25) is 0 Å². The van der Waals surface area contributed by atoms with Gasteiger partial charge in [0.15, 0.2) is 0 Å². The van der Waals surface area contributed by atoms with E-state index < -0.39 is 0 Å². The van der Waals surface area contributed by atoms with Crippen molar-refractivity contribution in [3.8, 4) is 0 Å². The zero-order chi connectivity index (χ0) is 22.0. The largest absolute Gasteiger partial charge is 1.00 e. The van der Waals surface area contributed by atoms with Gasteiger partial charge in [-0.1, -0.05) is 129 Å². The first-order valence-electron chi connectivity index (χ1n) is 13.4. The van der Waals surface area contributed by atoms with E-state index in [2.05, 4.69) is 35.0 Å². The molecule has 1 unspecified atom stereocenters. The van der Waals surface area contributed by atoms with Crippen molar-refractivity contribution in [3.05, 3.63) is 0 Å². The second-order valence-electron chi connectivity index (χ2n) is 9.75. The molecule has 0 fully saturated rings. The fourth-order valence-electron chi connectivity index (χ4n) is 3.79. The van der Waals surface area contributed by atoms with E-state index in [1.54, 1.807) is 0 Å². The van der Waals surface area contributed by atoms with E-state index in [9.17, 15) is 0 Å². The van der Waals surface area contributed by atoms with Gasteiger partial charge >= 0.3 is 0 Å². The van der Waals surface area contributed by atoms with E-state index in [-0.39, 0.29) is 12.4 Å². The van der Waals surface area contributed by atoms with Crippen LogP contribution in [0.3, 0.4) is 0 Å². The lowest BCUT2D eigenvalue weighted by Crippen LogP contribution is -3.02. The van der Waals surface area contributed by atoms with Gasteiger partial charge in [-0.05, 0) is 18.8 Å². The molecule has 0 saturated heterocycles. The maximum absolute atomic E-state index is 6.19. The van der Waals surface area contributed by atoms with Gasteiger partial charge in [-0.15, -0.1) is 11.6 Å². The summed E-state index contributed by atoms with van der Waals surface area (Å²) in [5, 5.41) is 0. The lowest BCUT2D eigenvalue weighted by atomic mass is 9.95. The minimum Gasteiger partial charge on any atom is -1.00 e. The smallest absolute Gasteiger partial charge is 0.0661 e. The molecule has 0 heterocycles. The van der Waals surface area contributed by atoms with E-state index >= 15 is 0 Å². The predicted octanol–water partition coefficient (Wildman–Crippen LogP) is 5.45. The van der Waals surface area contributed by atoms with E-state index in [0.717, 1.165) is 11.8 Å². The van der Waals surface area contributed by atoms with Crippen LogP contribution >= 0.6 is 11.6 Å². The molecule has 0 aliphatic rings. The van der Waals surface area contributed by atoms with Crippen molar-refractivity contribution in [1.29, 1.82) is 0 Å². The van der Waals surface area contributed by atoms with Crippen molar-refractivity contribution >= 4 is 11.6 Å². The molecule has 0 aromatic rings. The third-order valence-corrected chi connectivity index (χ3v) is 6.09. The van der Waals surface area contributed by atoms with E-state index in [1.807, 2.05) is 0 Å². The van der Waals surface area contributed by atoms with Crippen LogP contribution in [0, 0.1) is 5.92 Å². The predicted molar refractivity (Wildman–Crippen MR) is 137 cm³/mol. The van der Waals surface area contributed by atoms with E-state index in [4.69, 9.17) is 11.6 Å². The summed E-state index contributed by atoms with van der Waals surface area (Å²) in [6.45, 7) is 4.59. The molecular weight excluding hydrogens is 409 g/mol. The molecule has 0 saturated carbocycles. The molecule has 0 aromatic heterocycles. The van der Waals surface area contributed by atoms with Gasteiger partial charge in [0.05, 0.1) is 21.1 Å². The Morgan fingerprint density at radius 2 is 0.733 bits per heavy atom. The van der Waals surface area contributed by atoms with Crippen molar-refractivity contribution in [2.24, 2.45) is 5.92 Å². The van der Waals surface area contributed by atoms with Crippen LogP contribution in [0.2, 0.25) is 0 Å². The summed E-state index contributed by atoms with van der Waals surface area (Å²) < 4.78 is 0. The monoisotopic (exact) mass is 467 g/mol. The van der Waals surface area contributed by atoms with Gasteiger partial charge in [0.25, 0.3) is 0 Å². The second kappa shape index (κ2) is 31.7.